The molecule has 0 atom stereocenters. The maximum atomic E-state index is 13.5. The molecule has 2 N–H and O–H groups in total. The van der Waals surface area contributed by atoms with E-state index in [1.54, 1.807) is 30.6 Å². The number of aromatic nitrogens is 2. The van der Waals surface area contributed by atoms with Gasteiger partial charge in [-0.1, -0.05) is 24.3 Å². The number of amides is 4. The number of likely N-dealkylation sites (tertiary alicyclic amines) is 2. The van der Waals surface area contributed by atoms with Crippen LogP contribution in [0.15, 0.2) is 109 Å². The number of nitrogens with one attached hydrogen (secondary N) is 2. The Labute approximate surface area is 455 Å². The minimum atomic E-state index is -0.398. The molecule has 4 fully saturated rings. The molecule has 4 saturated heterocycles. The molecule has 2 aromatic heterocycles. The third-order valence-corrected chi connectivity index (χ3v) is 17.1. The van der Waals surface area contributed by atoms with E-state index < -0.39 is 5.60 Å². The zero-order chi connectivity index (χ0) is 54.0. The van der Waals surface area contributed by atoms with E-state index in [2.05, 4.69) is 48.6 Å². The Morgan fingerprint density at radius 2 is 0.987 bits per heavy atom. The molecule has 0 radical (unpaired) electrons. The summed E-state index contributed by atoms with van der Waals surface area (Å²) in [6, 6.07) is 34.6. The van der Waals surface area contributed by atoms with Crippen molar-refractivity contribution < 1.29 is 23.9 Å². The zero-order valence-corrected chi connectivity index (χ0v) is 44.4. The zero-order valence-electron chi connectivity index (χ0n) is 44.4. The number of pyridine rings is 2. The fourth-order valence-corrected chi connectivity index (χ4v) is 12.4. The van der Waals surface area contributed by atoms with Gasteiger partial charge in [-0.25, -0.2) is 9.97 Å². The quantitative estimate of drug-likeness (QED) is 0.148. The lowest BCUT2D eigenvalue weighted by molar-refractivity contribution is -0.0741. The average Bonchev–Trinajstić information content (AvgIpc) is 4.49. The van der Waals surface area contributed by atoms with Crippen LogP contribution >= 0.6 is 0 Å². The predicted octanol–water partition coefficient (Wildman–Crippen LogP) is 10.0. The van der Waals surface area contributed by atoms with E-state index in [0.29, 0.717) is 84.8 Å². The summed E-state index contributed by atoms with van der Waals surface area (Å²) >= 11 is 0. The number of hydrogen-bond acceptors (Lipinski definition) is 11. The van der Waals surface area contributed by atoms with Gasteiger partial charge >= 0.3 is 0 Å². The van der Waals surface area contributed by atoms with Gasteiger partial charge in [0.15, 0.2) is 0 Å². The molecule has 12 rings (SSSR count). The molecule has 15 heteroatoms. The fraction of sp³-hybridized carbons (Fsp3) is 0.365. The van der Waals surface area contributed by atoms with Crippen LogP contribution in [0, 0.1) is 36.5 Å². The van der Waals surface area contributed by atoms with Crippen molar-refractivity contribution in [1.82, 2.24) is 19.8 Å². The first-order valence-electron chi connectivity index (χ1n) is 27.5. The smallest absolute Gasteiger partial charge is 0.257 e. The maximum absolute atomic E-state index is 13.5. The molecule has 4 amide bonds. The van der Waals surface area contributed by atoms with Crippen LogP contribution in [-0.2, 0) is 28.8 Å². The molecule has 0 bridgehead atoms. The molecular weight excluding hydrogens is 977 g/mol. The highest BCUT2D eigenvalue weighted by atomic mass is 16.5. The number of carbonyl (C=O) groups is 4. The topological polar surface area (TPSA) is 188 Å². The van der Waals surface area contributed by atoms with Crippen molar-refractivity contribution in [3.05, 3.63) is 176 Å². The van der Waals surface area contributed by atoms with E-state index in [4.69, 9.17) is 4.74 Å². The van der Waals surface area contributed by atoms with Crippen LogP contribution in [0.5, 0.6) is 0 Å². The van der Waals surface area contributed by atoms with Gasteiger partial charge in [-0.3, -0.25) is 19.2 Å². The number of anilines is 4. The monoisotopic (exact) mass is 1040 g/mol. The molecule has 5 aliphatic heterocycles. The summed E-state index contributed by atoms with van der Waals surface area (Å²) in [5.41, 5.74) is 11.0. The maximum Gasteiger partial charge on any atom is 0.257 e. The number of rotatable bonds is 8. The number of aryl methyl sites for hydroxylation is 3. The Balaban J connectivity index is 0.000000165. The number of fused-ring (bicyclic) bond motifs is 4. The number of piperidine rings is 2. The predicted molar refractivity (Wildman–Crippen MR) is 299 cm³/mol. The summed E-state index contributed by atoms with van der Waals surface area (Å²) in [7, 11) is 0. The fourth-order valence-electron chi connectivity index (χ4n) is 12.4. The second-order valence-electron chi connectivity index (χ2n) is 21.8. The average molecular weight is 1040 g/mol. The third-order valence-electron chi connectivity index (χ3n) is 17.1. The number of carbonyl (C=O) groups excluding carboxylic acids is 4. The minimum absolute atomic E-state index is 0.00460. The van der Waals surface area contributed by atoms with Crippen molar-refractivity contribution in [1.29, 1.82) is 10.5 Å². The van der Waals surface area contributed by atoms with Gasteiger partial charge in [0.05, 0.1) is 46.6 Å². The molecule has 4 aromatic carbocycles. The molecule has 15 nitrogen and oxygen atoms in total. The van der Waals surface area contributed by atoms with Crippen molar-refractivity contribution in [2.75, 3.05) is 72.8 Å². The van der Waals surface area contributed by atoms with Crippen molar-refractivity contribution in [2.24, 2.45) is 0 Å². The van der Waals surface area contributed by atoms with Crippen molar-refractivity contribution >= 4 is 46.6 Å². The van der Waals surface area contributed by atoms with E-state index in [-0.39, 0.29) is 29.0 Å². The summed E-state index contributed by atoms with van der Waals surface area (Å²) in [5.74, 6) is 1.26. The molecule has 2 spiro atoms. The van der Waals surface area contributed by atoms with Gasteiger partial charge < -0.3 is 35.0 Å². The summed E-state index contributed by atoms with van der Waals surface area (Å²) in [6.45, 7) is 10.9. The lowest BCUT2D eigenvalue weighted by Gasteiger charge is -2.40. The molecule has 0 unspecified atom stereocenters. The molecule has 6 aliphatic rings. The molecule has 0 saturated carbocycles. The summed E-state index contributed by atoms with van der Waals surface area (Å²) in [5, 5.41) is 24.4. The molecule has 6 aromatic rings. The highest BCUT2D eigenvalue weighted by Crippen LogP contribution is 2.47. The summed E-state index contributed by atoms with van der Waals surface area (Å²) < 4.78 is 6.24. The van der Waals surface area contributed by atoms with Crippen LogP contribution < -0.4 is 20.4 Å². The van der Waals surface area contributed by atoms with Crippen molar-refractivity contribution in [3.63, 3.8) is 0 Å². The van der Waals surface area contributed by atoms with E-state index in [0.717, 1.165) is 91.3 Å². The number of nitriles is 2. The standard InChI is InChI=1S/C32H33N5O2.C31H31N5O3/c1-22-4-6-25(19-28(22)35-30(38)26-7-9-29(34-21-26)36-14-2-3-15-36)31(39)37-16-12-32(13-17-37)11-10-24-18-23(20-33)5-8-27(24)32;1-21-4-6-23(17-27(21)34-29(37)24-7-9-28(33-19-24)35-12-2-3-13-35)30(38)36-14-10-31(11-15-36)26-8-5-22(18-32)16-25(26)20-39-31/h4-9,18-19,21H,2-3,10-17H2,1H3,(H,35,38);4-9,16-17,19H,2-3,10-15,20H2,1H3,(H,34,37). The second kappa shape index (κ2) is 21.9. The second-order valence-corrected chi connectivity index (χ2v) is 21.8. The van der Waals surface area contributed by atoms with Crippen LogP contribution in [0.25, 0.3) is 0 Å². The first-order chi connectivity index (χ1) is 37.9. The summed E-state index contributed by atoms with van der Waals surface area (Å²) in [4.78, 5) is 70.1. The van der Waals surface area contributed by atoms with Gasteiger partial charge in [0.2, 0.25) is 0 Å². The van der Waals surface area contributed by atoms with Crippen LogP contribution in [0.2, 0.25) is 0 Å². The van der Waals surface area contributed by atoms with Crippen LogP contribution in [0.3, 0.4) is 0 Å². The molecule has 396 valence electrons. The van der Waals surface area contributed by atoms with Gasteiger partial charge in [0, 0.05) is 87.3 Å². The highest BCUT2D eigenvalue weighted by molar-refractivity contribution is 6.06. The van der Waals surface area contributed by atoms with Crippen LogP contribution in [-0.4, -0.2) is 95.8 Å². The molecule has 78 heavy (non-hydrogen) atoms. The van der Waals surface area contributed by atoms with Gasteiger partial charge in [-0.15, -0.1) is 0 Å². The number of hydrogen-bond donors (Lipinski definition) is 2. The first-order valence-corrected chi connectivity index (χ1v) is 27.5. The Morgan fingerprint density at radius 3 is 1.46 bits per heavy atom. The van der Waals surface area contributed by atoms with Gasteiger partial charge in [0.1, 0.15) is 11.6 Å². The van der Waals surface area contributed by atoms with E-state index in [1.807, 2.05) is 96.4 Å². The Hall–Kier alpha value is -8.40. The number of benzene rings is 4. The SMILES string of the molecule is Cc1ccc(C(=O)N2CCC3(CC2)OCc2cc(C#N)ccc23)cc1NC(=O)c1ccc(N2CCCC2)nc1.Cc1ccc(C(=O)N2CCC3(CCc4cc(C#N)ccc43)CC2)cc1NC(=O)c1ccc(N2CCCC2)nc1. The molecule has 1 aliphatic carbocycles. The van der Waals surface area contributed by atoms with E-state index in [1.165, 1.54) is 36.8 Å². The van der Waals surface area contributed by atoms with E-state index in [9.17, 15) is 29.7 Å². The van der Waals surface area contributed by atoms with Crippen molar-refractivity contribution in [3.8, 4) is 12.1 Å². The Bertz CT molecular complexity index is 3150. The number of ether oxygens (including phenoxy) is 1. The van der Waals surface area contributed by atoms with Gasteiger partial charge in [-0.05, 0) is 190 Å². The lowest BCUT2D eigenvalue weighted by Crippen LogP contribution is -2.45. The number of nitrogens with zero attached hydrogens (tertiary/aromatic N) is 8. The third kappa shape index (κ3) is 10.4. The molecular formula is C63H64N10O5. The summed E-state index contributed by atoms with van der Waals surface area (Å²) in [6.07, 6.45) is 13.3. The minimum Gasteiger partial charge on any atom is -0.365 e. The normalized spacial score (nSPS) is 17.6. The van der Waals surface area contributed by atoms with Crippen molar-refractivity contribution in [2.45, 2.75) is 95.7 Å². The molecule has 7 heterocycles. The first kappa shape index (κ1) is 51.7. The Morgan fingerprint density at radius 1 is 0.526 bits per heavy atom. The Kier molecular flexibility index (Phi) is 14.5. The highest BCUT2D eigenvalue weighted by Gasteiger charge is 2.44. The van der Waals surface area contributed by atoms with Gasteiger partial charge in [0.25, 0.3) is 23.6 Å². The van der Waals surface area contributed by atoms with Crippen LogP contribution in [0.4, 0.5) is 23.0 Å². The largest absolute Gasteiger partial charge is 0.365 e. The lowest BCUT2D eigenvalue weighted by atomic mass is 9.73. The van der Waals surface area contributed by atoms with E-state index >= 15 is 0 Å². The van der Waals surface area contributed by atoms with Gasteiger partial charge in [-0.2, -0.15) is 10.5 Å². The van der Waals surface area contributed by atoms with Crippen LogP contribution in [0.1, 0.15) is 144 Å².